The summed E-state index contributed by atoms with van der Waals surface area (Å²) in [6.45, 7) is 3.17. The fourth-order valence-corrected chi connectivity index (χ4v) is 2.62. The summed E-state index contributed by atoms with van der Waals surface area (Å²) < 4.78 is 0. The molecule has 90 valence electrons. The monoisotopic (exact) mass is 225 g/mol. The molecular weight excluding hydrogens is 206 g/mol. The van der Waals surface area contributed by atoms with E-state index in [4.69, 9.17) is 5.11 Å². The Morgan fingerprint density at radius 3 is 2.38 bits per heavy atom. The molecule has 1 N–H and O–H groups in total. The lowest BCUT2D eigenvalue weighted by molar-refractivity contribution is -0.149. The van der Waals surface area contributed by atoms with Crippen molar-refractivity contribution >= 4 is 11.9 Å². The van der Waals surface area contributed by atoms with Crippen molar-refractivity contribution in [2.24, 2.45) is 17.8 Å². The molecule has 2 unspecified atom stereocenters. The molecule has 2 rings (SSSR count). The fraction of sp³-hybridized carbons (Fsp3) is 0.833. The predicted octanol–water partition coefficient (Wildman–Crippen LogP) is 1.36. The number of carbonyl (C=O) groups is 2. The third-order valence-corrected chi connectivity index (χ3v) is 3.78. The van der Waals surface area contributed by atoms with Crippen molar-refractivity contribution in [2.75, 3.05) is 13.1 Å². The number of hydrogen-bond acceptors (Lipinski definition) is 2. The van der Waals surface area contributed by atoms with Crippen LogP contribution in [0.4, 0.5) is 0 Å². The molecule has 0 aromatic rings. The summed E-state index contributed by atoms with van der Waals surface area (Å²) in [5, 5.41) is 9.03. The summed E-state index contributed by atoms with van der Waals surface area (Å²) in [7, 11) is 0. The van der Waals surface area contributed by atoms with Crippen molar-refractivity contribution in [1.82, 2.24) is 4.90 Å². The van der Waals surface area contributed by atoms with Crippen molar-refractivity contribution in [3.63, 3.8) is 0 Å². The molecule has 0 bridgehead atoms. The summed E-state index contributed by atoms with van der Waals surface area (Å²) >= 11 is 0. The first kappa shape index (κ1) is 11.4. The van der Waals surface area contributed by atoms with Crippen molar-refractivity contribution < 1.29 is 14.7 Å². The van der Waals surface area contributed by atoms with E-state index in [0.29, 0.717) is 18.9 Å². The number of amides is 1. The van der Waals surface area contributed by atoms with Gasteiger partial charge in [-0.25, -0.2) is 0 Å². The number of hydrogen-bond donors (Lipinski definition) is 1. The molecule has 1 aliphatic carbocycles. The summed E-state index contributed by atoms with van der Waals surface area (Å²) in [6, 6.07) is 0. The zero-order chi connectivity index (χ0) is 11.7. The summed E-state index contributed by atoms with van der Waals surface area (Å²) in [5.74, 6) is -0.464. The third kappa shape index (κ3) is 2.20. The Morgan fingerprint density at radius 2 is 1.88 bits per heavy atom. The van der Waals surface area contributed by atoms with E-state index in [0.717, 1.165) is 25.8 Å². The maximum atomic E-state index is 12.0. The lowest BCUT2D eigenvalue weighted by Gasteiger charge is -2.38. The number of rotatable bonds is 2. The largest absolute Gasteiger partial charge is 0.481 e. The van der Waals surface area contributed by atoms with Crippen LogP contribution in [0.25, 0.3) is 0 Å². The molecule has 1 saturated carbocycles. The van der Waals surface area contributed by atoms with Gasteiger partial charge in [0.05, 0.1) is 5.92 Å². The zero-order valence-corrected chi connectivity index (χ0v) is 9.69. The number of likely N-dealkylation sites (tertiary alicyclic amines) is 1. The Bertz CT molecular complexity index is 299. The van der Waals surface area contributed by atoms with E-state index in [-0.39, 0.29) is 17.7 Å². The van der Waals surface area contributed by atoms with E-state index in [2.05, 4.69) is 0 Å². The number of aliphatic carboxylic acids is 1. The van der Waals surface area contributed by atoms with Crippen LogP contribution in [0, 0.1) is 17.8 Å². The Morgan fingerprint density at radius 1 is 1.19 bits per heavy atom. The summed E-state index contributed by atoms with van der Waals surface area (Å²) in [5.41, 5.74) is 0. The molecule has 1 aliphatic heterocycles. The van der Waals surface area contributed by atoms with Gasteiger partial charge < -0.3 is 10.0 Å². The molecule has 1 saturated heterocycles. The number of piperidine rings is 1. The quantitative estimate of drug-likeness (QED) is 0.772. The normalized spacial score (nSPS) is 30.9. The molecule has 1 heterocycles. The van der Waals surface area contributed by atoms with E-state index in [9.17, 15) is 9.59 Å². The molecule has 2 aliphatic rings. The van der Waals surface area contributed by atoms with Gasteiger partial charge in [-0.1, -0.05) is 13.3 Å². The van der Waals surface area contributed by atoms with Gasteiger partial charge in [0, 0.05) is 19.0 Å². The van der Waals surface area contributed by atoms with Gasteiger partial charge in [-0.15, -0.1) is 0 Å². The van der Waals surface area contributed by atoms with Crippen LogP contribution in [-0.2, 0) is 9.59 Å². The molecule has 0 aromatic carbocycles. The van der Waals surface area contributed by atoms with Gasteiger partial charge in [-0.3, -0.25) is 9.59 Å². The molecule has 2 fully saturated rings. The maximum Gasteiger partial charge on any atom is 0.308 e. The number of carboxylic acid groups (broad SMARTS) is 1. The molecule has 4 nitrogen and oxygen atoms in total. The Hall–Kier alpha value is -1.06. The van der Waals surface area contributed by atoms with Gasteiger partial charge >= 0.3 is 5.97 Å². The first-order valence-corrected chi connectivity index (χ1v) is 6.09. The highest BCUT2D eigenvalue weighted by molar-refractivity contribution is 5.80. The summed E-state index contributed by atoms with van der Waals surface area (Å²) in [4.78, 5) is 24.8. The lowest BCUT2D eigenvalue weighted by Crippen LogP contribution is -2.48. The van der Waals surface area contributed by atoms with Crippen LogP contribution < -0.4 is 0 Å². The highest BCUT2D eigenvalue weighted by Crippen LogP contribution is 2.31. The molecule has 0 aromatic heterocycles. The molecule has 1 amide bonds. The van der Waals surface area contributed by atoms with Crippen molar-refractivity contribution in [3.05, 3.63) is 0 Å². The van der Waals surface area contributed by atoms with Gasteiger partial charge in [0.15, 0.2) is 0 Å². The van der Waals surface area contributed by atoms with Crippen molar-refractivity contribution in [1.29, 1.82) is 0 Å². The van der Waals surface area contributed by atoms with E-state index < -0.39 is 5.97 Å². The topological polar surface area (TPSA) is 57.6 Å². The van der Waals surface area contributed by atoms with Gasteiger partial charge in [0.25, 0.3) is 0 Å². The van der Waals surface area contributed by atoms with E-state index in [1.54, 1.807) is 4.90 Å². The number of carboxylic acids is 1. The maximum absolute atomic E-state index is 12.0. The molecule has 2 atom stereocenters. The van der Waals surface area contributed by atoms with Crippen LogP contribution >= 0.6 is 0 Å². The molecule has 0 spiro atoms. The first-order valence-electron chi connectivity index (χ1n) is 6.09. The summed E-state index contributed by atoms with van der Waals surface area (Å²) in [6.07, 6.45) is 3.81. The Balaban J connectivity index is 1.98. The average Bonchev–Trinajstić information content (AvgIpc) is 2.13. The van der Waals surface area contributed by atoms with Crippen LogP contribution in [0.3, 0.4) is 0 Å². The predicted molar refractivity (Wildman–Crippen MR) is 58.8 cm³/mol. The minimum atomic E-state index is -0.766. The molecule has 16 heavy (non-hydrogen) atoms. The fourth-order valence-electron chi connectivity index (χ4n) is 2.62. The minimum Gasteiger partial charge on any atom is -0.481 e. The van der Waals surface area contributed by atoms with Gasteiger partial charge in [-0.2, -0.15) is 0 Å². The highest BCUT2D eigenvalue weighted by atomic mass is 16.4. The average molecular weight is 225 g/mol. The second-order valence-corrected chi connectivity index (χ2v) is 5.25. The van der Waals surface area contributed by atoms with Gasteiger partial charge in [0.2, 0.25) is 5.91 Å². The van der Waals surface area contributed by atoms with Crippen LogP contribution in [0.5, 0.6) is 0 Å². The van der Waals surface area contributed by atoms with Crippen molar-refractivity contribution in [2.45, 2.75) is 32.6 Å². The number of nitrogens with zero attached hydrogens (tertiary/aromatic N) is 1. The zero-order valence-electron chi connectivity index (χ0n) is 9.69. The van der Waals surface area contributed by atoms with Gasteiger partial charge in [0.1, 0.15) is 0 Å². The minimum absolute atomic E-state index is 0.180. The second-order valence-electron chi connectivity index (χ2n) is 5.25. The first-order chi connectivity index (χ1) is 7.58. The Kier molecular flexibility index (Phi) is 3.17. The van der Waals surface area contributed by atoms with E-state index in [1.807, 2.05) is 6.92 Å². The second kappa shape index (κ2) is 4.44. The van der Waals surface area contributed by atoms with Crippen LogP contribution in [-0.4, -0.2) is 35.0 Å². The molecule has 0 radical (unpaired) electrons. The van der Waals surface area contributed by atoms with E-state index >= 15 is 0 Å². The van der Waals surface area contributed by atoms with E-state index in [1.165, 1.54) is 0 Å². The lowest BCUT2D eigenvalue weighted by atomic mass is 9.82. The Labute approximate surface area is 95.6 Å². The highest BCUT2D eigenvalue weighted by Gasteiger charge is 2.36. The van der Waals surface area contributed by atoms with Crippen LogP contribution in [0.1, 0.15) is 32.6 Å². The van der Waals surface area contributed by atoms with Crippen molar-refractivity contribution in [3.8, 4) is 0 Å². The van der Waals surface area contributed by atoms with Gasteiger partial charge in [-0.05, 0) is 25.2 Å². The van der Waals surface area contributed by atoms with Crippen LogP contribution in [0.2, 0.25) is 0 Å². The number of carbonyl (C=O) groups excluding carboxylic acids is 1. The molecular formula is C12H19NO3. The third-order valence-electron chi connectivity index (χ3n) is 3.78. The smallest absolute Gasteiger partial charge is 0.308 e. The standard InChI is InChI=1S/C12H19NO3/c1-8-5-10(12(15)16)7-13(6-8)11(14)9-3-2-4-9/h8-10H,2-7H2,1H3,(H,15,16). The molecule has 4 heteroatoms. The van der Waals surface area contributed by atoms with Crippen LogP contribution in [0.15, 0.2) is 0 Å². The SMILES string of the molecule is CC1CC(C(=O)O)CN(C(=O)C2CCC2)C1.